The Morgan fingerprint density at radius 1 is 1.14 bits per heavy atom. The number of anilines is 1. The minimum absolute atomic E-state index is 0.0695. The summed E-state index contributed by atoms with van der Waals surface area (Å²) in [5.41, 5.74) is 0.285. The van der Waals surface area contributed by atoms with Crippen LogP contribution in [0.25, 0.3) is 0 Å². The fourth-order valence-corrected chi connectivity index (χ4v) is 2.53. The third-order valence-electron chi connectivity index (χ3n) is 3.63. The largest absolute Gasteiger partial charge is 0.353 e. The van der Waals surface area contributed by atoms with Crippen LogP contribution in [-0.4, -0.2) is 47.0 Å². The lowest BCUT2D eigenvalue weighted by Crippen LogP contribution is -2.49. The summed E-state index contributed by atoms with van der Waals surface area (Å²) in [4.78, 5) is 34.1. The molecule has 0 unspecified atom stereocenters. The van der Waals surface area contributed by atoms with Gasteiger partial charge in [0.1, 0.15) is 5.82 Å². The van der Waals surface area contributed by atoms with Crippen LogP contribution in [-0.2, 0) is 0 Å². The third kappa shape index (κ3) is 3.12. The molecule has 22 heavy (non-hydrogen) atoms. The van der Waals surface area contributed by atoms with Crippen molar-refractivity contribution in [3.8, 4) is 0 Å². The van der Waals surface area contributed by atoms with Crippen LogP contribution in [0.2, 0.25) is 5.02 Å². The first kappa shape index (κ1) is 14.6. The van der Waals surface area contributed by atoms with Gasteiger partial charge in [-0.05, 0) is 18.2 Å². The highest BCUT2D eigenvalue weighted by Crippen LogP contribution is 2.16. The maximum absolute atomic E-state index is 12.4. The van der Waals surface area contributed by atoms with Crippen molar-refractivity contribution in [2.24, 2.45) is 0 Å². The second-order valence-electron chi connectivity index (χ2n) is 5.06. The van der Waals surface area contributed by atoms with Crippen molar-refractivity contribution in [2.45, 2.75) is 0 Å². The van der Waals surface area contributed by atoms with E-state index >= 15 is 0 Å². The normalized spacial score (nSPS) is 15.0. The Balaban J connectivity index is 1.64. The molecule has 0 atom stereocenters. The monoisotopic (exact) mass is 318 g/mol. The summed E-state index contributed by atoms with van der Waals surface area (Å²) in [5.74, 6) is 0.792. The fourth-order valence-electron chi connectivity index (χ4n) is 2.42. The van der Waals surface area contributed by atoms with E-state index in [9.17, 15) is 9.59 Å². The maximum atomic E-state index is 12.4. The van der Waals surface area contributed by atoms with Crippen molar-refractivity contribution in [1.82, 2.24) is 14.9 Å². The molecule has 0 spiro atoms. The van der Waals surface area contributed by atoms with Crippen LogP contribution < -0.4 is 10.5 Å². The molecule has 0 aromatic carbocycles. The molecule has 1 aliphatic heterocycles. The molecule has 0 aliphatic carbocycles. The minimum Gasteiger partial charge on any atom is -0.353 e. The molecule has 1 N–H and O–H groups in total. The van der Waals surface area contributed by atoms with Gasteiger partial charge < -0.3 is 14.8 Å². The molecule has 1 saturated heterocycles. The lowest BCUT2D eigenvalue weighted by Gasteiger charge is -2.35. The van der Waals surface area contributed by atoms with Gasteiger partial charge in [0, 0.05) is 44.6 Å². The van der Waals surface area contributed by atoms with Crippen LogP contribution in [0.3, 0.4) is 0 Å². The molecule has 6 nitrogen and oxygen atoms in total. The quantitative estimate of drug-likeness (QED) is 0.908. The first-order valence-electron chi connectivity index (χ1n) is 6.98. The van der Waals surface area contributed by atoms with Gasteiger partial charge in [-0.1, -0.05) is 11.6 Å². The summed E-state index contributed by atoms with van der Waals surface area (Å²) in [6.07, 6.45) is 3.08. The summed E-state index contributed by atoms with van der Waals surface area (Å²) in [7, 11) is 0. The van der Waals surface area contributed by atoms with Crippen LogP contribution in [0, 0.1) is 0 Å². The number of hydrogen-bond acceptors (Lipinski definition) is 4. The molecule has 0 saturated carbocycles. The highest BCUT2D eigenvalue weighted by atomic mass is 35.5. The van der Waals surface area contributed by atoms with Crippen LogP contribution >= 0.6 is 11.6 Å². The number of nitrogens with zero attached hydrogens (tertiary/aromatic N) is 3. The first-order valence-corrected chi connectivity index (χ1v) is 7.36. The van der Waals surface area contributed by atoms with Gasteiger partial charge in [0.25, 0.3) is 5.91 Å². The van der Waals surface area contributed by atoms with Crippen molar-refractivity contribution in [3.05, 3.63) is 57.6 Å². The van der Waals surface area contributed by atoms with Gasteiger partial charge in [-0.2, -0.15) is 0 Å². The number of amides is 1. The van der Waals surface area contributed by atoms with Crippen molar-refractivity contribution in [3.63, 3.8) is 0 Å². The topological polar surface area (TPSA) is 69.3 Å². The second kappa shape index (κ2) is 6.19. The average Bonchev–Trinajstić information content (AvgIpc) is 2.56. The number of carbonyl (C=O) groups is 1. The molecule has 114 valence electrons. The molecule has 1 amide bonds. The van der Waals surface area contributed by atoms with Gasteiger partial charge in [0.15, 0.2) is 0 Å². The number of hydrogen-bond donors (Lipinski definition) is 1. The van der Waals surface area contributed by atoms with E-state index in [4.69, 9.17) is 11.6 Å². The Labute approximate surface area is 132 Å². The van der Waals surface area contributed by atoms with E-state index in [1.165, 1.54) is 12.3 Å². The van der Waals surface area contributed by atoms with Gasteiger partial charge in [0.2, 0.25) is 5.56 Å². The molecular formula is C15H15ClN4O2. The number of rotatable bonds is 2. The number of pyridine rings is 2. The lowest BCUT2D eigenvalue weighted by atomic mass is 10.2. The number of aromatic amines is 1. The number of aromatic nitrogens is 2. The van der Waals surface area contributed by atoms with Crippen molar-refractivity contribution in [1.29, 1.82) is 0 Å². The highest BCUT2D eigenvalue weighted by molar-refractivity contribution is 6.30. The molecule has 1 fully saturated rings. The van der Waals surface area contributed by atoms with E-state index in [-0.39, 0.29) is 11.5 Å². The van der Waals surface area contributed by atoms with E-state index in [1.807, 2.05) is 12.1 Å². The standard InChI is InChI=1S/C15H15ClN4O2/c16-12-2-3-13(17-10-12)19-5-7-20(8-6-19)15(22)11-1-4-14(21)18-9-11/h1-4,9-10H,5-8H2,(H,18,21). The van der Waals surface area contributed by atoms with Gasteiger partial charge in [0.05, 0.1) is 10.6 Å². The zero-order valence-electron chi connectivity index (χ0n) is 11.8. The SMILES string of the molecule is O=C(c1ccc(=O)[nH]c1)N1CCN(c2ccc(Cl)cn2)CC1. The maximum Gasteiger partial charge on any atom is 0.255 e. The van der Waals surface area contributed by atoms with E-state index in [2.05, 4.69) is 14.9 Å². The summed E-state index contributed by atoms with van der Waals surface area (Å²) in [5, 5.41) is 0.607. The van der Waals surface area contributed by atoms with Gasteiger partial charge in [-0.3, -0.25) is 9.59 Å². The molecule has 7 heteroatoms. The first-order chi connectivity index (χ1) is 10.6. The number of nitrogens with one attached hydrogen (secondary N) is 1. The molecular weight excluding hydrogens is 304 g/mol. The Kier molecular flexibility index (Phi) is 4.11. The molecule has 0 radical (unpaired) electrons. The third-order valence-corrected chi connectivity index (χ3v) is 3.86. The van der Waals surface area contributed by atoms with Gasteiger partial charge >= 0.3 is 0 Å². The fraction of sp³-hybridized carbons (Fsp3) is 0.267. The van der Waals surface area contributed by atoms with Gasteiger partial charge in [-0.25, -0.2) is 4.98 Å². The van der Waals surface area contributed by atoms with Crippen molar-refractivity contribution < 1.29 is 4.79 Å². The summed E-state index contributed by atoms with van der Waals surface area (Å²) >= 11 is 5.84. The number of piperazine rings is 1. The van der Waals surface area contributed by atoms with E-state index < -0.39 is 0 Å². The smallest absolute Gasteiger partial charge is 0.255 e. The Hall–Kier alpha value is -2.34. The molecule has 3 heterocycles. The average molecular weight is 319 g/mol. The lowest BCUT2D eigenvalue weighted by molar-refractivity contribution is 0.0746. The zero-order valence-corrected chi connectivity index (χ0v) is 12.6. The Morgan fingerprint density at radius 2 is 1.91 bits per heavy atom. The van der Waals surface area contributed by atoms with E-state index in [1.54, 1.807) is 17.2 Å². The molecule has 2 aromatic heterocycles. The summed E-state index contributed by atoms with van der Waals surface area (Å²) in [6.45, 7) is 2.65. The summed E-state index contributed by atoms with van der Waals surface area (Å²) < 4.78 is 0. The van der Waals surface area contributed by atoms with Crippen molar-refractivity contribution in [2.75, 3.05) is 31.1 Å². The van der Waals surface area contributed by atoms with Gasteiger partial charge in [-0.15, -0.1) is 0 Å². The predicted molar refractivity (Wildman–Crippen MR) is 84.4 cm³/mol. The minimum atomic E-state index is -0.213. The number of halogens is 1. The molecule has 1 aliphatic rings. The zero-order chi connectivity index (χ0) is 15.5. The molecule has 2 aromatic rings. The Bertz CT molecular complexity index is 701. The van der Waals surface area contributed by atoms with Crippen LogP contribution in [0.4, 0.5) is 5.82 Å². The van der Waals surface area contributed by atoms with Crippen LogP contribution in [0.15, 0.2) is 41.5 Å². The summed E-state index contributed by atoms with van der Waals surface area (Å²) in [6, 6.07) is 6.60. The Morgan fingerprint density at radius 3 is 2.50 bits per heavy atom. The molecule has 0 bridgehead atoms. The number of H-pyrrole nitrogens is 1. The van der Waals surface area contributed by atoms with E-state index in [0.29, 0.717) is 36.8 Å². The van der Waals surface area contributed by atoms with Crippen LogP contribution in [0.1, 0.15) is 10.4 Å². The molecule has 3 rings (SSSR count). The van der Waals surface area contributed by atoms with Crippen LogP contribution in [0.5, 0.6) is 0 Å². The second-order valence-corrected chi connectivity index (χ2v) is 5.49. The highest BCUT2D eigenvalue weighted by Gasteiger charge is 2.22. The number of carbonyl (C=O) groups excluding carboxylic acids is 1. The predicted octanol–water partition coefficient (Wildman–Crippen LogP) is 1.39. The van der Waals surface area contributed by atoms with Crippen molar-refractivity contribution >= 4 is 23.3 Å². The van der Waals surface area contributed by atoms with E-state index in [0.717, 1.165) is 5.82 Å².